The SMILES string of the molecule is COC(=O)[C@@H]1CCCCN1C(=O)c1c(OC)cc(=O)n2c1CCN(Cc1cc(C)c(C)cc1C)CC2. The molecule has 1 atom stereocenters. The number of hydrogen-bond acceptors (Lipinski definition) is 6. The van der Waals surface area contributed by atoms with Crippen molar-refractivity contribution in [3.63, 3.8) is 0 Å². The Bertz CT molecular complexity index is 1220. The van der Waals surface area contributed by atoms with Crippen LogP contribution in [0.1, 0.15) is 57.6 Å². The predicted molar refractivity (Wildman–Crippen MR) is 138 cm³/mol. The highest BCUT2D eigenvalue weighted by atomic mass is 16.5. The summed E-state index contributed by atoms with van der Waals surface area (Å²) in [6.45, 7) is 9.54. The molecule has 1 saturated heterocycles. The van der Waals surface area contributed by atoms with E-state index in [1.165, 1.54) is 42.5 Å². The van der Waals surface area contributed by atoms with Crippen LogP contribution in [0.25, 0.3) is 0 Å². The Kier molecular flexibility index (Phi) is 7.83. The van der Waals surface area contributed by atoms with E-state index in [2.05, 4.69) is 37.8 Å². The van der Waals surface area contributed by atoms with E-state index >= 15 is 0 Å². The third-order valence-electron chi connectivity index (χ3n) is 7.70. The molecule has 0 N–H and O–H groups in total. The minimum absolute atomic E-state index is 0.175. The van der Waals surface area contributed by atoms with Gasteiger partial charge >= 0.3 is 5.97 Å². The number of hydrogen-bond donors (Lipinski definition) is 0. The van der Waals surface area contributed by atoms with Crippen LogP contribution in [0.2, 0.25) is 0 Å². The molecule has 36 heavy (non-hydrogen) atoms. The van der Waals surface area contributed by atoms with E-state index in [-0.39, 0.29) is 17.2 Å². The van der Waals surface area contributed by atoms with Crippen LogP contribution in [0.15, 0.2) is 23.0 Å². The van der Waals surface area contributed by atoms with E-state index in [0.717, 1.165) is 19.4 Å². The lowest BCUT2D eigenvalue weighted by atomic mass is 9.99. The predicted octanol–water partition coefficient (Wildman–Crippen LogP) is 3.01. The minimum Gasteiger partial charge on any atom is -0.496 e. The monoisotopic (exact) mass is 495 g/mol. The van der Waals surface area contributed by atoms with E-state index < -0.39 is 12.0 Å². The van der Waals surface area contributed by atoms with Crippen molar-refractivity contribution in [3.8, 4) is 5.75 Å². The van der Waals surface area contributed by atoms with Crippen LogP contribution < -0.4 is 10.3 Å². The van der Waals surface area contributed by atoms with Gasteiger partial charge in [-0.15, -0.1) is 0 Å². The number of methoxy groups -OCH3 is 2. The van der Waals surface area contributed by atoms with Crippen molar-refractivity contribution < 1.29 is 19.1 Å². The number of likely N-dealkylation sites (tertiary alicyclic amines) is 1. The van der Waals surface area contributed by atoms with Crippen molar-refractivity contribution in [1.29, 1.82) is 0 Å². The number of fused-ring (bicyclic) bond motifs is 1. The topological polar surface area (TPSA) is 81.1 Å². The number of nitrogens with zero attached hydrogens (tertiary/aromatic N) is 3. The van der Waals surface area contributed by atoms with Crippen LogP contribution in [0.5, 0.6) is 5.75 Å². The maximum absolute atomic E-state index is 13.9. The van der Waals surface area contributed by atoms with Crippen molar-refractivity contribution in [3.05, 3.63) is 62.1 Å². The molecular weight excluding hydrogens is 458 g/mol. The highest BCUT2D eigenvalue weighted by Gasteiger charge is 2.36. The largest absolute Gasteiger partial charge is 0.496 e. The molecule has 1 aromatic carbocycles. The standard InChI is InChI=1S/C28H37N3O5/c1-18-14-20(3)21(15-19(18)2)17-29-11-9-22-26(24(35-4)16-25(32)30(22)13-12-29)27(33)31-10-7-6-8-23(31)28(34)36-5/h14-16,23H,6-13,17H2,1-5H3/t23-/m0/s1. The van der Waals surface area contributed by atoms with Crippen LogP contribution >= 0.6 is 0 Å². The lowest BCUT2D eigenvalue weighted by Gasteiger charge is -2.34. The van der Waals surface area contributed by atoms with Gasteiger partial charge in [-0.2, -0.15) is 0 Å². The number of piperidine rings is 1. The van der Waals surface area contributed by atoms with Gasteiger partial charge < -0.3 is 18.9 Å². The van der Waals surface area contributed by atoms with Crippen molar-refractivity contribution in [2.24, 2.45) is 0 Å². The Balaban J connectivity index is 1.66. The van der Waals surface area contributed by atoms with E-state index in [0.29, 0.717) is 50.3 Å². The fourth-order valence-electron chi connectivity index (χ4n) is 5.47. The van der Waals surface area contributed by atoms with Gasteiger partial charge in [0.25, 0.3) is 11.5 Å². The molecule has 1 aromatic heterocycles. The van der Waals surface area contributed by atoms with Gasteiger partial charge in [-0.3, -0.25) is 14.5 Å². The molecule has 194 valence electrons. The molecule has 2 aliphatic heterocycles. The number of aryl methyl sites for hydroxylation is 3. The fourth-order valence-corrected chi connectivity index (χ4v) is 5.47. The molecule has 2 aromatic rings. The maximum Gasteiger partial charge on any atom is 0.328 e. The van der Waals surface area contributed by atoms with Crippen molar-refractivity contribution in [2.75, 3.05) is 33.9 Å². The summed E-state index contributed by atoms with van der Waals surface area (Å²) in [5.74, 6) is -0.413. The van der Waals surface area contributed by atoms with Crippen molar-refractivity contribution in [2.45, 2.75) is 65.6 Å². The van der Waals surface area contributed by atoms with E-state index in [1.807, 2.05) is 0 Å². The zero-order valence-corrected chi connectivity index (χ0v) is 22.1. The maximum atomic E-state index is 13.9. The first-order valence-corrected chi connectivity index (χ1v) is 12.7. The van der Waals surface area contributed by atoms with Gasteiger partial charge in [-0.1, -0.05) is 12.1 Å². The molecule has 8 heteroatoms. The van der Waals surface area contributed by atoms with Crippen LogP contribution in [-0.2, 0) is 29.0 Å². The van der Waals surface area contributed by atoms with Gasteiger partial charge in [-0.05, 0) is 62.3 Å². The second kappa shape index (κ2) is 10.9. The second-order valence-corrected chi connectivity index (χ2v) is 9.95. The number of benzene rings is 1. The van der Waals surface area contributed by atoms with Gasteiger partial charge in [0, 0.05) is 50.9 Å². The molecule has 3 heterocycles. The zero-order chi connectivity index (χ0) is 26.0. The van der Waals surface area contributed by atoms with Crippen molar-refractivity contribution >= 4 is 11.9 Å². The van der Waals surface area contributed by atoms with Crippen molar-refractivity contribution in [1.82, 2.24) is 14.4 Å². The molecule has 4 rings (SSSR count). The Hall–Kier alpha value is -3.13. The third-order valence-corrected chi connectivity index (χ3v) is 7.70. The normalized spacial score (nSPS) is 18.4. The van der Waals surface area contributed by atoms with Gasteiger partial charge in [0.15, 0.2) is 0 Å². The Morgan fingerprint density at radius 1 is 0.944 bits per heavy atom. The van der Waals surface area contributed by atoms with E-state index in [4.69, 9.17) is 9.47 Å². The molecule has 2 aliphatic rings. The number of ether oxygens (including phenoxy) is 2. The number of aromatic nitrogens is 1. The van der Waals surface area contributed by atoms with Crippen LogP contribution in [-0.4, -0.2) is 66.1 Å². The number of pyridine rings is 1. The highest BCUT2D eigenvalue weighted by molar-refractivity contribution is 6.00. The number of amides is 1. The number of carbonyl (C=O) groups excluding carboxylic acids is 2. The van der Waals surface area contributed by atoms with E-state index in [1.54, 1.807) is 9.47 Å². The summed E-state index contributed by atoms with van der Waals surface area (Å²) < 4.78 is 12.2. The molecule has 0 spiro atoms. The quantitative estimate of drug-likeness (QED) is 0.594. The zero-order valence-electron chi connectivity index (χ0n) is 22.1. The third kappa shape index (κ3) is 5.05. The molecule has 0 unspecified atom stereocenters. The summed E-state index contributed by atoms with van der Waals surface area (Å²) in [6, 6.07) is 5.25. The first kappa shape index (κ1) is 25.9. The molecule has 0 bridgehead atoms. The number of rotatable bonds is 5. The lowest BCUT2D eigenvalue weighted by Crippen LogP contribution is -2.49. The summed E-state index contributed by atoms with van der Waals surface area (Å²) in [4.78, 5) is 43.3. The number of esters is 1. The minimum atomic E-state index is -0.622. The molecule has 0 radical (unpaired) electrons. The Labute approximate surface area is 212 Å². The van der Waals surface area contributed by atoms with Gasteiger partial charge in [0.05, 0.1) is 14.2 Å². The smallest absolute Gasteiger partial charge is 0.328 e. The summed E-state index contributed by atoms with van der Waals surface area (Å²) in [5.41, 5.74) is 5.97. The average molecular weight is 496 g/mol. The van der Waals surface area contributed by atoms with Gasteiger partial charge in [0.1, 0.15) is 17.4 Å². The van der Waals surface area contributed by atoms with Crippen LogP contribution in [0.3, 0.4) is 0 Å². The van der Waals surface area contributed by atoms with Gasteiger partial charge in [-0.25, -0.2) is 4.79 Å². The summed E-state index contributed by atoms with van der Waals surface area (Å²) in [7, 11) is 2.82. The molecular formula is C28H37N3O5. The first-order chi connectivity index (χ1) is 17.2. The molecule has 0 saturated carbocycles. The summed E-state index contributed by atoms with van der Waals surface area (Å²) in [5, 5.41) is 0. The molecule has 0 aliphatic carbocycles. The first-order valence-electron chi connectivity index (χ1n) is 12.7. The second-order valence-electron chi connectivity index (χ2n) is 9.95. The average Bonchev–Trinajstić information content (AvgIpc) is 3.09. The Morgan fingerprint density at radius 3 is 2.42 bits per heavy atom. The highest BCUT2D eigenvalue weighted by Crippen LogP contribution is 2.29. The lowest BCUT2D eigenvalue weighted by molar-refractivity contribution is -0.147. The van der Waals surface area contributed by atoms with Gasteiger partial charge in [0.2, 0.25) is 0 Å². The van der Waals surface area contributed by atoms with Crippen LogP contribution in [0.4, 0.5) is 0 Å². The summed E-state index contributed by atoms with van der Waals surface area (Å²) in [6.07, 6.45) is 2.78. The Morgan fingerprint density at radius 2 is 1.69 bits per heavy atom. The summed E-state index contributed by atoms with van der Waals surface area (Å²) >= 11 is 0. The molecule has 1 fully saturated rings. The van der Waals surface area contributed by atoms with E-state index in [9.17, 15) is 14.4 Å². The van der Waals surface area contributed by atoms with Crippen LogP contribution in [0, 0.1) is 20.8 Å². The number of carbonyl (C=O) groups is 2. The molecule has 8 nitrogen and oxygen atoms in total. The fraction of sp³-hybridized carbons (Fsp3) is 0.536. The molecule has 1 amide bonds.